The number of aliphatic carboxylic acids is 2. The van der Waals surface area contributed by atoms with Crippen molar-refractivity contribution in [1.29, 1.82) is 0 Å². The van der Waals surface area contributed by atoms with E-state index in [1.165, 1.54) is 0 Å². The number of hydrogen-bond acceptors (Lipinski definition) is 4. The quantitative estimate of drug-likeness (QED) is 0.710. The zero-order valence-corrected chi connectivity index (χ0v) is 10.6. The molecule has 0 aliphatic rings. The number of aromatic nitrogens is 2. The van der Waals surface area contributed by atoms with E-state index in [1.807, 2.05) is 0 Å². The van der Waals surface area contributed by atoms with Crippen molar-refractivity contribution in [2.45, 2.75) is 32.7 Å². The van der Waals surface area contributed by atoms with Gasteiger partial charge in [0.05, 0.1) is 5.69 Å². The van der Waals surface area contributed by atoms with Crippen LogP contribution in [0.3, 0.4) is 0 Å². The smallest absolute Gasteiger partial charge is 0.343 e. The Labute approximate surface area is 109 Å². The Balaban J connectivity index is 2.74. The largest absolute Gasteiger partial charge is 0.481 e. The van der Waals surface area contributed by atoms with Gasteiger partial charge in [-0.3, -0.25) is 4.79 Å². The fraction of sp³-hybridized carbons (Fsp3) is 0.455. The highest BCUT2D eigenvalue weighted by atomic mass is 16.4. The number of nitrogens with one attached hydrogen (secondary N) is 1. The summed E-state index contributed by atoms with van der Waals surface area (Å²) >= 11 is 0. The van der Waals surface area contributed by atoms with Crippen LogP contribution in [0, 0.1) is 13.8 Å². The minimum absolute atomic E-state index is 0.185. The van der Waals surface area contributed by atoms with Crippen molar-refractivity contribution in [2.24, 2.45) is 0 Å². The van der Waals surface area contributed by atoms with Crippen molar-refractivity contribution < 1.29 is 24.6 Å². The lowest BCUT2D eigenvalue weighted by Crippen LogP contribution is -2.43. The molecule has 0 bridgehead atoms. The molecule has 104 valence electrons. The Kier molecular flexibility index (Phi) is 4.62. The zero-order chi connectivity index (χ0) is 14.6. The summed E-state index contributed by atoms with van der Waals surface area (Å²) in [6, 6.07) is -0.275. The number of nitrogens with zero attached hydrogens (tertiary/aromatic N) is 2. The predicted molar refractivity (Wildman–Crippen MR) is 63.9 cm³/mol. The first kappa shape index (κ1) is 14.7. The third-order valence-electron chi connectivity index (χ3n) is 2.44. The SMILES string of the molecule is Cc1cc(C)n(C(=O)N[C@@H](CCC(=O)O)C(=O)O)n1. The standard InChI is InChI=1S/C11H15N3O5/c1-6-5-7(2)14(13-6)11(19)12-8(10(17)18)3-4-9(15)16/h5,8H,3-4H2,1-2H3,(H,12,19)(H,15,16)(H,17,18)/t8-/m0/s1. The molecule has 0 aliphatic heterocycles. The van der Waals surface area contributed by atoms with E-state index < -0.39 is 24.0 Å². The first-order valence-corrected chi connectivity index (χ1v) is 5.60. The average molecular weight is 269 g/mol. The normalized spacial score (nSPS) is 11.9. The van der Waals surface area contributed by atoms with Gasteiger partial charge in [0.15, 0.2) is 0 Å². The summed E-state index contributed by atoms with van der Waals surface area (Å²) in [6.07, 6.45) is -0.524. The van der Waals surface area contributed by atoms with Crippen molar-refractivity contribution >= 4 is 18.0 Å². The highest BCUT2D eigenvalue weighted by Gasteiger charge is 2.22. The molecule has 3 N–H and O–H groups in total. The second kappa shape index (κ2) is 5.98. The topological polar surface area (TPSA) is 122 Å². The van der Waals surface area contributed by atoms with Crippen LogP contribution < -0.4 is 5.32 Å². The molecule has 0 spiro atoms. The van der Waals surface area contributed by atoms with E-state index in [4.69, 9.17) is 10.2 Å². The fourth-order valence-corrected chi connectivity index (χ4v) is 1.57. The van der Waals surface area contributed by atoms with Gasteiger partial charge in [0.2, 0.25) is 0 Å². The number of carboxylic acid groups (broad SMARTS) is 2. The summed E-state index contributed by atoms with van der Waals surface area (Å²) in [7, 11) is 0. The molecule has 1 rings (SSSR count). The summed E-state index contributed by atoms with van der Waals surface area (Å²) in [5, 5.41) is 23.6. The second-order valence-corrected chi connectivity index (χ2v) is 4.11. The molecule has 0 fully saturated rings. The van der Waals surface area contributed by atoms with Crippen molar-refractivity contribution in [3.8, 4) is 0 Å². The number of amides is 1. The third-order valence-corrected chi connectivity index (χ3v) is 2.44. The Morgan fingerprint density at radius 1 is 1.37 bits per heavy atom. The van der Waals surface area contributed by atoms with Gasteiger partial charge in [-0.25, -0.2) is 9.59 Å². The molecule has 8 nitrogen and oxygen atoms in total. The maximum absolute atomic E-state index is 11.8. The van der Waals surface area contributed by atoms with Crippen molar-refractivity contribution in [2.75, 3.05) is 0 Å². The molecule has 1 amide bonds. The van der Waals surface area contributed by atoms with Gasteiger partial charge in [0, 0.05) is 12.1 Å². The zero-order valence-electron chi connectivity index (χ0n) is 10.6. The highest BCUT2D eigenvalue weighted by Crippen LogP contribution is 2.03. The summed E-state index contributed by atoms with van der Waals surface area (Å²) < 4.78 is 1.05. The number of carbonyl (C=O) groups is 3. The van der Waals surface area contributed by atoms with Gasteiger partial charge in [-0.2, -0.15) is 9.78 Å². The lowest BCUT2D eigenvalue weighted by atomic mass is 10.1. The number of hydrogen-bond donors (Lipinski definition) is 3. The Bertz CT molecular complexity index is 508. The second-order valence-electron chi connectivity index (χ2n) is 4.11. The van der Waals surface area contributed by atoms with Gasteiger partial charge in [0.1, 0.15) is 6.04 Å². The highest BCUT2D eigenvalue weighted by molar-refractivity contribution is 5.84. The van der Waals surface area contributed by atoms with E-state index in [0.29, 0.717) is 11.4 Å². The molecule has 19 heavy (non-hydrogen) atoms. The molecule has 0 radical (unpaired) electrons. The summed E-state index contributed by atoms with van der Waals surface area (Å²) in [4.78, 5) is 33.2. The van der Waals surface area contributed by atoms with Gasteiger partial charge in [-0.15, -0.1) is 0 Å². The first-order chi connectivity index (χ1) is 8.81. The van der Waals surface area contributed by atoms with E-state index in [-0.39, 0.29) is 12.8 Å². The van der Waals surface area contributed by atoms with Gasteiger partial charge in [0.25, 0.3) is 0 Å². The van der Waals surface area contributed by atoms with Gasteiger partial charge in [-0.05, 0) is 26.3 Å². The molecule has 0 saturated heterocycles. The molecule has 1 heterocycles. The van der Waals surface area contributed by atoms with Gasteiger partial charge in [-0.1, -0.05) is 0 Å². The predicted octanol–water partition coefficient (Wildman–Crippen LogP) is 0.376. The molecule has 0 aliphatic carbocycles. The first-order valence-electron chi connectivity index (χ1n) is 5.60. The minimum Gasteiger partial charge on any atom is -0.481 e. The summed E-state index contributed by atoms with van der Waals surface area (Å²) in [5.74, 6) is -2.40. The third kappa shape index (κ3) is 4.09. The molecule has 0 unspecified atom stereocenters. The molecular weight excluding hydrogens is 254 g/mol. The average Bonchev–Trinajstić information content (AvgIpc) is 2.62. The van der Waals surface area contributed by atoms with Crippen LogP contribution in [-0.2, 0) is 9.59 Å². The Morgan fingerprint density at radius 2 is 2.00 bits per heavy atom. The fourth-order valence-electron chi connectivity index (χ4n) is 1.57. The number of carboxylic acids is 2. The lowest BCUT2D eigenvalue weighted by Gasteiger charge is -2.13. The minimum atomic E-state index is -1.28. The Hall–Kier alpha value is -2.38. The number of aryl methyl sites for hydroxylation is 2. The van der Waals surface area contributed by atoms with Crippen LogP contribution in [0.1, 0.15) is 24.2 Å². The van der Waals surface area contributed by atoms with Crippen LogP contribution >= 0.6 is 0 Å². The maximum atomic E-state index is 11.8. The molecule has 1 aromatic rings. The molecule has 1 atom stereocenters. The van der Waals surface area contributed by atoms with E-state index in [1.54, 1.807) is 19.9 Å². The van der Waals surface area contributed by atoms with Crippen molar-refractivity contribution in [3.05, 3.63) is 17.5 Å². The van der Waals surface area contributed by atoms with Crippen LogP contribution in [-0.4, -0.2) is 44.0 Å². The molecular formula is C11H15N3O5. The number of rotatable bonds is 5. The Morgan fingerprint density at radius 3 is 2.42 bits per heavy atom. The van der Waals surface area contributed by atoms with Crippen LogP contribution in [0.5, 0.6) is 0 Å². The van der Waals surface area contributed by atoms with Crippen molar-refractivity contribution in [3.63, 3.8) is 0 Å². The molecule has 0 saturated carbocycles. The van der Waals surface area contributed by atoms with Crippen LogP contribution in [0.15, 0.2) is 6.07 Å². The van der Waals surface area contributed by atoms with E-state index in [0.717, 1.165) is 4.68 Å². The molecule has 0 aromatic carbocycles. The van der Waals surface area contributed by atoms with Gasteiger partial charge >= 0.3 is 18.0 Å². The van der Waals surface area contributed by atoms with E-state index >= 15 is 0 Å². The van der Waals surface area contributed by atoms with Crippen molar-refractivity contribution in [1.82, 2.24) is 15.1 Å². The van der Waals surface area contributed by atoms with Crippen LogP contribution in [0.4, 0.5) is 4.79 Å². The molecule has 1 aromatic heterocycles. The summed E-state index contributed by atoms with van der Waals surface area (Å²) in [5.41, 5.74) is 1.20. The molecule has 8 heteroatoms. The number of carbonyl (C=O) groups excluding carboxylic acids is 1. The van der Waals surface area contributed by atoms with E-state index in [2.05, 4.69) is 10.4 Å². The van der Waals surface area contributed by atoms with Gasteiger partial charge < -0.3 is 15.5 Å². The summed E-state index contributed by atoms with van der Waals surface area (Å²) in [6.45, 7) is 3.36. The van der Waals surface area contributed by atoms with Crippen LogP contribution in [0.2, 0.25) is 0 Å². The van der Waals surface area contributed by atoms with E-state index in [9.17, 15) is 14.4 Å². The monoisotopic (exact) mass is 269 g/mol. The lowest BCUT2D eigenvalue weighted by molar-refractivity contribution is -0.140. The van der Waals surface area contributed by atoms with Crippen LogP contribution in [0.25, 0.3) is 0 Å². The maximum Gasteiger partial charge on any atom is 0.343 e.